The summed E-state index contributed by atoms with van der Waals surface area (Å²) in [6.07, 6.45) is 2.40. The summed E-state index contributed by atoms with van der Waals surface area (Å²) < 4.78 is 0. The standard InChI is InChI=1S/C12H20N2S2/c1-9(4-6-15)5-7-16-12-13-10(2)8-11(3)14-12/h8-9,15H,4-7H2,1-3H3. The van der Waals surface area contributed by atoms with Crippen LogP contribution in [0, 0.1) is 19.8 Å². The third-order valence-corrected chi connectivity index (χ3v) is 3.56. The Hall–Kier alpha value is -0.220. The van der Waals surface area contributed by atoms with Crippen molar-refractivity contribution in [2.45, 2.75) is 38.8 Å². The molecule has 1 aromatic heterocycles. The lowest BCUT2D eigenvalue weighted by molar-refractivity contribution is 0.553. The van der Waals surface area contributed by atoms with Crippen molar-refractivity contribution in [3.8, 4) is 0 Å². The average Bonchev–Trinajstić information content (AvgIpc) is 2.16. The van der Waals surface area contributed by atoms with Gasteiger partial charge in [0.2, 0.25) is 0 Å². The van der Waals surface area contributed by atoms with Crippen LogP contribution in [-0.2, 0) is 0 Å². The second-order valence-corrected chi connectivity index (χ2v) is 5.70. The fourth-order valence-electron chi connectivity index (χ4n) is 1.47. The molecule has 2 nitrogen and oxygen atoms in total. The predicted molar refractivity (Wildman–Crippen MR) is 74.5 cm³/mol. The number of hydrogen-bond acceptors (Lipinski definition) is 4. The molecule has 0 aliphatic rings. The quantitative estimate of drug-likeness (QED) is 0.479. The highest BCUT2D eigenvalue weighted by atomic mass is 32.2. The van der Waals surface area contributed by atoms with Crippen molar-refractivity contribution in [3.63, 3.8) is 0 Å². The van der Waals surface area contributed by atoms with Gasteiger partial charge in [0.25, 0.3) is 0 Å². The summed E-state index contributed by atoms with van der Waals surface area (Å²) in [4.78, 5) is 8.83. The van der Waals surface area contributed by atoms with Gasteiger partial charge in [-0.1, -0.05) is 18.7 Å². The van der Waals surface area contributed by atoms with Crippen molar-refractivity contribution in [1.29, 1.82) is 0 Å². The first-order valence-electron chi connectivity index (χ1n) is 5.67. The maximum atomic E-state index is 4.41. The summed E-state index contributed by atoms with van der Waals surface area (Å²) in [7, 11) is 0. The molecular weight excluding hydrogens is 236 g/mol. The van der Waals surface area contributed by atoms with Crippen LogP contribution in [0.2, 0.25) is 0 Å². The molecule has 0 radical (unpaired) electrons. The molecule has 0 bridgehead atoms. The van der Waals surface area contributed by atoms with Crippen LogP contribution in [0.5, 0.6) is 0 Å². The maximum Gasteiger partial charge on any atom is 0.187 e. The Kier molecular flexibility index (Phi) is 6.21. The monoisotopic (exact) mass is 256 g/mol. The van der Waals surface area contributed by atoms with Gasteiger partial charge in [0.1, 0.15) is 0 Å². The fraction of sp³-hybridized carbons (Fsp3) is 0.667. The first-order valence-corrected chi connectivity index (χ1v) is 7.29. The lowest BCUT2D eigenvalue weighted by Crippen LogP contribution is -1.99. The minimum absolute atomic E-state index is 0.746. The van der Waals surface area contributed by atoms with E-state index in [1.54, 1.807) is 11.8 Å². The number of thioether (sulfide) groups is 1. The minimum Gasteiger partial charge on any atom is -0.228 e. The maximum absolute atomic E-state index is 4.41. The number of nitrogens with zero attached hydrogens (tertiary/aromatic N) is 2. The van der Waals surface area contributed by atoms with Crippen LogP contribution in [0.25, 0.3) is 0 Å². The lowest BCUT2D eigenvalue weighted by atomic mass is 10.1. The number of aryl methyl sites for hydroxylation is 2. The van der Waals surface area contributed by atoms with Gasteiger partial charge in [0.15, 0.2) is 5.16 Å². The van der Waals surface area contributed by atoms with Crippen molar-refractivity contribution >= 4 is 24.4 Å². The first kappa shape index (κ1) is 13.8. The highest BCUT2D eigenvalue weighted by molar-refractivity contribution is 7.99. The van der Waals surface area contributed by atoms with Crippen LogP contribution in [0.3, 0.4) is 0 Å². The topological polar surface area (TPSA) is 25.8 Å². The van der Waals surface area contributed by atoms with Gasteiger partial charge in [0, 0.05) is 17.1 Å². The van der Waals surface area contributed by atoms with Crippen LogP contribution in [0.15, 0.2) is 11.2 Å². The van der Waals surface area contributed by atoms with Gasteiger partial charge in [-0.2, -0.15) is 12.6 Å². The molecule has 0 saturated carbocycles. The van der Waals surface area contributed by atoms with E-state index in [0.29, 0.717) is 0 Å². The van der Waals surface area contributed by atoms with E-state index in [4.69, 9.17) is 0 Å². The van der Waals surface area contributed by atoms with Crippen LogP contribution >= 0.6 is 24.4 Å². The zero-order chi connectivity index (χ0) is 12.0. The van der Waals surface area contributed by atoms with Gasteiger partial charge < -0.3 is 0 Å². The Morgan fingerprint density at radius 1 is 1.25 bits per heavy atom. The Labute approximate surface area is 108 Å². The summed E-state index contributed by atoms with van der Waals surface area (Å²) in [5, 5.41) is 0.913. The van der Waals surface area contributed by atoms with E-state index in [-0.39, 0.29) is 0 Å². The van der Waals surface area contributed by atoms with Crippen LogP contribution in [0.4, 0.5) is 0 Å². The number of rotatable bonds is 6. The van der Waals surface area contributed by atoms with Gasteiger partial charge >= 0.3 is 0 Å². The van der Waals surface area contributed by atoms with E-state index in [0.717, 1.165) is 34.0 Å². The summed E-state index contributed by atoms with van der Waals surface area (Å²) in [5.41, 5.74) is 2.11. The summed E-state index contributed by atoms with van der Waals surface area (Å²) in [6, 6.07) is 2.01. The van der Waals surface area contributed by atoms with Crippen LogP contribution < -0.4 is 0 Å². The minimum atomic E-state index is 0.746. The molecule has 1 heterocycles. The third-order valence-electron chi connectivity index (χ3n) is 2.43. The second kappa shape index (κ2) is 7.17. The second-order valence-electron chi connectivity index (χ2n) is 4.19. The van der Waals surface area contributed by atoms with E-state index < -0.39 is 0 Å². The zero-order valence-electron chi connectivity index (χ0n) is 10.2. The number of aromatic nitrogens is 2. The molecule has 0 spiro atoms. The molecule has 0 fully saturated rings. The predicted octanol–water partition coefficient (Wildman–Crippen LogP) is 3.53. The van der Waals surface area contributed by atoms with Gasteiger partial charge in [-0.3, -0.25) is 0 Å². The molecule has 1 unspecified atom stereocenters. The van der Waals surface area contributed by atoms with E-state index in [1.807, 2.05) is 19.9 Å². The first-order chi connectivity index (χ1) is 7.61. The molecule has 16 heavy (non-hydrogen) atoms. The van der Waals surface area contributed by atoms with Crippen LogP contribution in [-0.4, -0.2) is 21.5 Å². The van der Waals surface area contributed by atoms with Crippen molar-refractivity contribution in [1.82, 2.24) is 9.97 Å². The molecule has 4 heteroatoms. The molecule has 0 aromatic carbocycles. The Bertz CT molecular complexity index is 309. The Balaban J connectivity index is 2.37. The van der Waals surface area contributed by atoms with Crippen molar-refractivity contribution in [2.75, 3.05) is 11.5 Å². The molecule has 0 saturated heterocycles. The SMILES string of the molecule is Cc1cc(C)nc(SCCC(C)CCS)n1. The number of thiol groups is 1. The summed E-state index contributed by atoms with van der Waals surface area (Å²) in [6.45, 7) is 6.31. The fourth-order valence-corrected chi connectivity index (χ4v) is 3.03. The summed E-state index contributed by atoms with van der Waals surface area (Å²) >= 11 is 6.00. The molecule has 1 atom stereocenters. The van der Waals surface area contributed by atoms with Crippen molar-refractivity contribution in [3.05, 3.63) is 17.5 Å². The normalized spacial score (nSPS) is 12.8. The molecule has 0 N–H and O–H groups in total. The average molecular weight is 256 g/mol. The molecule has 0 aliphatic carbocycles. The Morgan fingerprint density at radius 2 is 1.88 bits per heavy atom. The number of hydrogen-bond donors (Lipinski definition) is 1. The largest absolute Gasteiger partial charge is 0.228 e. The lowest BCUT2D eigenvalue weighted by Gasteiger charge is -2.08. The molecule has 0 aliphatic heterocycles. The summed E-state index contributed by atoms with van der Waals surface area (Å²) in [5.74, 6) is 2.82. The molecule has 90 valence electrons. The van der Waals surface area contributed by atoms with Crippen LogP contribution in [0.1, 0.15) is 31.2 Å². The van der Waals surface area contributed by atoms with E-state index in [1.165, 1.54) is 12.8 Å². The molecule has 0 amide bonds. The zero-order valence-corrected chi connectivity index (χ0v) is 11.9. The van der Waals surface area contributed by atoms with E-state index in [2.05, 4.69) is 29.5 Å². The van der Waals surface area contributed by atoms with Gasteiger partial charge in [-0.05, 0) is 44.4 Å². The smallest absolute Gasteiger partial charge is 0.187 e. The van der Waals surface area contributed by atoms with E-state index >= 15 is 0 Å². The van der Waals surface area contributed by atoms with Crippen molar-refractivity contribution < 1.29 is 0 Å². The molecular formula is C12H20N2S2. The Morgan fingerprint density at radius 3 is 2.44 bits per heavy atom. The van der Waals surface area contributed by atoms with Crippen molar-refractivity contribution in [2.24, 2.45) is 5.92 Å². The highest BCUT2D eigenvalue weighted by Gasteiger charge is 2.04. The van der Waals surface area contributed by atoms with Gasteiger partial charge in [-0.25, -0.2) is 9.97 Å². The van der Waals surface area contributed by atoms with Gasteiger partial charge in [0.05, 0.1) is 0 Å². The van der Waals surface area contributed by atoms with Gasteiger partial charge in [-0.15, -0.1) is 0 Å². The van der Waals surface area contributed by atoms with E-state index in [9.17, 15) is 0 Å². The highest BCUT2D eigenvalue weighted by Crippen LogP contribution is 2.18. The third kappa shape index (κ3) is 5.21. The molecule has 1 rings (SSSR count). The molecule has 1 aromatic rings.